The topological polar surface area (TPSA) is 120 Å². The van der Waals surface area contributed by atoms with Crippen LogP contribution in [0.15, 0.2) is 91.0 Å². The standard InChI is InChI=1S/C14H27FN2.C14H19FO.C13H26FN3.C13H17FO2.C13H16O2.C8H15F.C7H13FO/c1-11(2)16-7-9-17(10-8-16)14-6-4-5-13(15)12(14)3;1-11-13(15)8-5-9-14(11)16-10-12-6-3-2-4-7-12;1-10(2)16-6-8-17(9-7-16)12-5-3-4-11(14)13(12)15;14-11-7-4-8-12(13(11)15)16-9-10-5-2-1-3-6-10;1-2-5-10(6-3-1)9-14-11-7-4-8-12-13(11)15-12;1-6-4-3-5-8(9)7(6)2;1-5-6(8)3-2-4-7(5)9/h11-14H,4-10H2,1-3H3;2-4,6-7,11,13-14H,5,8-10H2,1H3;10-13H,3-9,15H2,1-2H3;1-3,5-6,11-13,15H,4,7-9H2;1-3,5-6,11-13H,4,7-9H2;6-8H,3-5H2,1-2H3;5-7,9H,2-4H2,1H3/t12-,13+,14-;11-,13+,14-;2*11-,12+,13+;11-,12?,13+;6-,7+,8+;5-,6+,7-/m0011000/s1. The van der Waals surface area contributed by atoms with Crippen LogP contribution >= 0.6 is 0 Å². The maximum atomic E-state index is 13.8. The molecule has 7 aliphatic carbocycles. The SMILES string of the molecule is CC(C)N1CCN([C@H]2CCC[C@@H](F)[C@@H]2C)CC1.CC(C)N1CCN([C@H]2CCC[C@@H](F)[C@@H]2N)CC1.C[C@H]1[C@H](F)CCC[C@@H]1C.C[C@H]1[C@H](F)CCC[C@@H]1O.C[C@H]1[C@H](F)CCC[C@@H]1OCc1ccccc1.O[C@H]1[C@H](F)CCC[C@@H]1OCc1ccccc1.c1ccc(CO[C@H]2CCCC3O[C@@H]32)cc1. The summed E-state index contributed by atoms with van der Waals surface area (Å²) in [5.74, 6) is 1.04. The lowest BCUT2D eigenvalue weighted by atomic mass is 9.80. The molecule has 564 valence electrons. The predicted molar refractivity (Wildman–Crippen MR) is 390 cm³/mol. The minimum atomic E-state index is -1.13. The van der Waals surface area contributed by atoms with E-state index in [1.165, 1.54) is 31.2 Å². The summed E-state index contributed by atoms with van der Waals surface area (Å²) in [7, 11) is 0. The number of hydrogen-bond donors (Lipinski definition) is 3. The molecular weight excluding hydrogens is 1260 g/mol. The van der Waals surface area contributed by atoms with E-state index in [2.05, 4.69) is 85.4 Å². The van der Waals surface area contributed by atoms with Crippen molar-refractivity contribution < 1.29 is 55.5 Å². The first kappa shape index (κ1) is 83.1. The summed E-state index contributed by atoms with van der Waals surface area (Å²) in [6.45, 7) is 29.6. The molecule has 21 atom stereocenters. The second-order valence-corrected chi connectivity index (χ2v) is 31.3. The van der Waals surface area contributed by atoms with Gasteiger partial charge in [0.1, 0.15) is 49.2 Å². The van der Waals surface area contributed by atoms with Crippen molar-refractivity contribution in [3.05, 3.63) is 108 Å². The van der Waals surface area contributed by atoms with Crippen molar-refractivity contribution in [2.45, 2.75) is 327 Å². The zero-order valence-corrected chi connectivity index (χ0v) is 62.2. The third-order valence-corrected chi connectivity index (χ3v) is 23.6. The number of aliphatic hydroxyl groups is 2. The van der Waals surface area contributed by atoms with E-state index in [-0.39, 0.29) is 42.0 Å². The number of alkyl halides is 6. The van der Waals surface area contributed by atoms with Crippen LogP contribution in [0.3, 0.4) is 0 Å². The second kappa shape index (κ2) is 43.9. The molecule has 7 saturated carbocycles. The van der Waals surface area contributed by atoms with Crippen LogP contribution in [-0.2, 0) is 38.8 Å². The molecule has 3 heterocycles. The molecule has 3 aromatic carbocycles. The number of benzene rings is 3. The van der Waals surface area contributed by atoms with Gasteiger partial charge in [0.15, 0.2) is 0 Å². The van der Waals surface area contributed by atoms with Gasteiger partial charge in [-0.3, -0.25) is 19.6 Å². The Morgan fingerprint density at radius 3 is 1.25 bits per heavy atom. The number of aliphatic hydroxyl groups excluding tert-OH is 2. The van der Waals surface area contributed by atoms with Crippen molar-refractivity contribution in [2.75, 3.05) is 52.4 Å². The van der Waals surface area contributed by atoms with Crippen molar-refractivity contribution in [3.8, 4) is 0 Å². The number of hydrogen-bond acceptors (Lipinski definition) is 11. The first-order valence-electron chi connectivity index (χ1n) is 39.1. The van der Waals surface area contributed by atoms with Gasteiger partial charge in [0.25, 0.3) is 0 Å². The van der Waals surface area contributed by atoms with Crippen LogP contribution in [0, 0.1) is 29.6 Å². The maximum Gasteiger partial charge on any atom is 0.128 e. The van der Waals surface area contributed by atoms with Gasteiger partial charge in [-0.15, -0.1) is 0 Å². The lowest BCUT2D eigenvalue weighted by molar-refractivity contribution is -0.0971. The van der Waals surface area contributed by atoms with E-state index in [4.69, 9.17) is 29.8 Å². The monoisotopic (exact) mass is 1400 g/mol. The number of halogens is 6. The Balaban J connectivity index is 0.000000164. The molecule has 1 unspecified atom stereocenters. The van der Waals surface area contributed by atoms with E-state index in [0.717, 1.165) is 154 Å². The van der Waals surface area contributed by atoms with Crippen LogP contribution in [0.25, 0.3) is 0 Å². The van der Waals surface area contributed by atoms with Crippen LogP contribution in [0.2, 0.25) is 0 Å². The lowest BCUT2D eigenvalue weighted by Crippen LogP contribution is -2.59. The molecule has 3 aliphatic heterocycles. The van der Waals surface area contributed by atoms with Crippen LogP contribution in [0.5, 0.6) is 0 Å². The van der Waals surface area contributed by atoms with Crippen molar-refractivity contribution >= 4 is 0 Å². The summed E-state index contributed by atoms with van der Waals surface area (Å²) in [4.78, 5) is 9.96. The summed E-state index contributed by atoms with van der Waals surface area (Å²) < 4.78 is 102. The summed E-state index contributed by atoms with van der Waals surface area (Å²) >= 11 is 0. The van der Waals surface area contributed by atoms with Gasteiger partial charge in [0.2, 0.25) is 0 Å². The van der Waals surface area contributed by atoms with Gasteiger partial charge in [-0.25, -0.2) is 26.3 Å². The molecule has 0 radical (unpaired) electrons. The number of piperazine rings is 2. The molecule has 3 aromatic rings. The van der Waals surface area contributed by atoms with Crippen molar-refractivity contribution in [2.24, 2.45) is 35.3 Å². The number of rotatable bonds is 13. The van der Waals surface area contributed by atoms with Gasteiger partial charge in [0.05, 0.1) is 56.4 Å². The average Bonchev–Trinajstić information content (AvgIpc) is 1.64. The van der Waals surface area contributed by atoms with E-state index in [0.29, 0.717) is 87.2 Å². The summed E-state index contributed by atoms with van der Waals surface area (Å²) in [5, 5.41) is 18.7. The second-order valence-electron chi connectivity index (χ2n) is 31.3. The van der Waals surface area contributed by atoms with Crippen LogP contribution in [0.4, 0.5) is 26.3 Å². The first-order valence-corrected chi connectivity index (χ1v) is 39.1. The van der Waals surface area contributed by atoms with E-state index in [9.17, 15) is 31.4 Å². The Morgan fingerprint density at radius 2 is 0.778 bits per heavy atom. The molecule has 99 heavy (non-hydrogen) atoms. The molecule has 0 spiro atoms. The average molecular weight is 1400 g/mol. The molecule has 0 amide bonds. The Morgan fingerprint density at radius 1 is 0.404 bits per heavy atom. The van der Waals surface area contributed by atoms with Crippen molar-refractivity contribution in [3.63, 3.8) is 0 Å². The molecule has 17 heteroatoms. The smallest absolute Gasteiger partial charge is 0.128 e. The highest BCUT2D eigenvalue weighted by Crippen LogP contribution is 2.39. The summed E-state index contributed by atoms with van der Waals surface area (Å²) in [5.41, 5.74) is 9.48. The van der Waals surface area contributed by atoms with Gasteiger partial charge in [-0.1, -0.05) is 138 Å². The van der Waals surface area contributed by atoms with Gasteiger partial charge >= 0.3 is 0 Å². The first-order chi connectivity index (χ1) is 47.6. The van der Waals surface area contributed by atoms with E-state index in [1.807, 2.05) is 80.6 Å². The minimum absolute atomic E-state index is 0.0393. The van der Waals surface area contributed by atoms with Crippen LogP contribution in [0.1, 0.15) is 214 Å². The number of fused-ring (bicyclic) bond motifs is 1. The Kier molecular flexibility index (Phi) is 36.9. The minimum Gasteiger partial charge on any atom is -0.393 e. The molecule has 10 aliphatic rings. The molecule has 10 fully saturated rings. The van der Waals surface area contributed by atoms with Gasteiger partial charge in [-0.2, -0.15) is 0 Å². The highest BCUT2D eigenvalue weighted by molar-refractivity contribution is 5.15. The van der Waals surface area contributed by atoms with Crippen LogP contribution in [-0.4, -0.2) is 192 Å². The Bertz CT molecular complexity index is 2400. The Labute approximate surface area is 594 Å². The van der Waals surface area contributed by atoms with E-state index >= 15 is 0 Å². The number of nitrogens with zero attached hydrogens (tertiary/aromatic N) is 4. The third-order valence-electron chi connectivity index (χ3n) is 23.6. The summed E-state index contributed by atoms with van der Waals surface area (Å²) in [6, 6.07) is 31.9. The molecular formula is C82H133F6N5O6. The lowest BCUT2D eigenvalue weighted by Gasteiger charge is -2.45. The van der Waals surface area contributed by atoms with Crippen LogP contribution < -0.4 is 5.73 Å². The normalized spacial score (nSPS) is 35.9. The fourth-order valence-electron chi connectivity index (χ4n) is 16.0. The van der Waals surface area contributed by atoms with E-state index < -0.39 is 49.2 Å². The molecule has 13 rings (SSSR count). The zero-order valence-electron chi connectivity index (χ0n) is 62.2. The van der Waals surface area contributed by atoms with Gasteiger partial charge < -0.3 is 34.9 Å². The molecule has 4 N–H and O–H groups in total. The molecule has 3 saturated heterocycles. The largest absolute Gasteiger partial charge is 0.393 e. The van der Waals surface area contributed by atoms with Gasteiger partial charge in [-0.05, 0) is 178 Å². The maximum absolute atomic E-state index is 13.8. The quantitative estimate of drug-likeness (QED) is 0.112. The van der Waals surface area contributed by atoms with Crippen molar-refractivity contribution in [1.29, 1.82) is 0 Å². The van der Waals surface area contributed by atoms with Gasteiger partial charge in [0, 0.05) is 94.3 Å². The fraction of sp³-hybridized carbons (Fsp3) is 0.780. The molecule has 11 nitrogen and oxygen atoms in total. The molecule has 0 bridgehead atoms. The predicted octanol–water partition coefficient (Wildman–Crippen LogP) is 16.8. The van der Waals surface area contributed by atoms with E-state index in [1.54, 1.807) is 6.92 Å². The Hall–Kier alpha value is -3.20. The number of epoxide rings is 1. The number of nitrogens with two attached hydrogens (primary N) is 1. The van der Waals surface area contributed by atoms with Crippen molar-refractivity contribution in [1.82, 2.24) is 19.6 Å². The third kappa shape index (κ3) is 27.7. The summed E-state index contributed by atoms with van der Waals surface area (Å²) in [6.07, 6.45) is 14.6. The fourth-order valence-corrected chi connectivity index (χ4v) is 16.0. The zero-order chi connectivity index (χ0) is 71.4. The molecule has 0 aromatic heterocycles. The number of ether oxygens (including phenoxy) is 4. The highest BCUT2D eigenvalue weighted by atomic mass is 19.2. The highest BCUT2D eigenvalue weighted by Gasteiger charge is 2.48.